The average molecular weight is 333 g/mol. The summed E-state index contributed by atoms with van der Waals surface area (Å²) in [6.07, 6.45) is 0. The molecule has 0 radical (unpaired) electrons. The van der Waals surface area contributed by atoms with Gasteiger partial charge in [-0.25, -0.2) is 8.78 Å². The Morgan fingerprint density at radius 2 is 1.79 bits per heavy atom. The second kappa shape index (κ2) is 5.54. The molecule has 2 unspecified atom stereocenters. The van der Waals surface area contributed by atoms with E-state index in [1.807, 2.05) is 13.8 Å². The normalized spacial score (nSPS) is 23.5. The lowest BCUT2D eigenvalue weighted by molar-refractivity contribution is 0.0672. The van der Waals surface area contributed by atoms with Crippen LogP contribution in [0.4, 0.5) is 8.78 Å². The number of hydrogen-bond acceptors (Lipinski definition) is 2. The zero-order chi connectivity index (χ0) is 14.2. The Hall–Kier alpha value is -1.01. The second-order valence-electron chi connectivity index (χ2n) is 4.93. The molecule has 1 aromatic rings. The lowest BCUT2D eigenvalue weighted by Crippen LogP contribution is -2.55. The van der Waals surface area contributed by atoms with Gasteiger partial charge in [0.25, 0.3) is 5.91 Å². The topological polar surface area (TPSA) is 32.3 Å². The highest BCUT2D eigenvalue weighted by atomic mass is 79.9. The highest BCUT2D eigenvalue weighted by Gasteiger charge is 2.27. The zero-order valence-electron chi connectivity index (χ0n) is 10.7. The molecule has 0 aliphatic carbocycles. The van der Waals surface area contributed by atoms with Crippen LogP contribution in [0.25, 0.3) is 0 Å². The fourth-order valence-corrected chi connectivity index (χ4v) is 2.83. The number of nitrogens with zero attached hydrogens (tertiary/aromatic N) is 1. The Balaban J connectivity index is 2.26. The van der Waals surface area contributed by atoms with Crippen molar-refractivity contribution >= 4 is 21.8 Å². The number of piperazine rings is 1. The van der Waals surface area contributed by atoms with Gasteiger partial charge in [-0.15, -0.1) is 0 Å². The number of carbonyl (C=O) groups excluding carboxylic acids is 1. The predicted molar refractivity (Wildman–Crippen MR) is 72.0 cm³/mol. The summed E-state index contributed by atoms with van der Waals surface area (Å²) in [5.74, 6) is -2.26. The lowest BCUT2D eigenvalue weighted by atomic mass is 10.1. The monoisotopic (exact) mass is 332 g/mol. The summed E-state index contributed by atoms with van der Waals surface area (Å²) in [6, 6.07) is 2.28. The van der Waals surface area contributed by atoms with E-state index in [2.05, 4.69) is 21.2 Å². The molecule has 0 saturated carbocycles. The summed E-state index contributed by atoms with van der Waals surface area (Å²) in [5, 5.41) is 3.31. The Labute approximate surface area is 119 Å². The fourth-order valence-electron chi connectivity index (χ4n) is 2.35. The van der Waals surface area contributed by atoms with Gasteiger partial charge in [0.15, 0.2) is 11.6 Å². The van der Waals surface area contributed by atoms with Crippen LogP contribution in [0.5, 0.6) is 0 Å². The number of hydrogen-bond donors (Lipinski definition) is 1. The van der Waals surface area contributed by atoms with Gasteiger partial charge in [0.1, 0.15) is 0 Å². The van der Waals surface area contributed by atoms with E-state index < -0.39 is 11.6 Å². The Morgan fingerprint density at radius 3 is 2.37 bits per heavy atom. The molecule has 3 nitrogen and oxygen atoms in total. The fraction of sp³-hybridized carbons (Fsp3) is 0.462. The van der Waals surface area contributed by atoms with E-state index in [0.717, 1.165) is 12.1 Å². The predicted octanol–water partition coefficient (Wildman–Crippen LogP) is 2.55. The maximum absolute atomic E-state index is 13.3. The van der Waals surface area contributed by atoms with Gasteiger partial charge in [0.2, 0.25) is 0 Å². The quantitative estimate of drug-likeness (QED) is 0.801. The van der Waals surface area contributed by atoms with Gasteiger partial charge in [-0.2, -0.15) is 0 Å². The van der Waals surface area contributed by atoms with Gasteiger partial charge in [-0.05, 0) is 41.9 Å². The number of nitrogens with one attached hydrogen (secondary N) is 1. The molecule has 6 heteroatoms. The van der Waals surface area contributed by atoms with Crippen molar-refractivity contribution in [1.82, 2.24) is 10.2 Å². The van der Waals surface area contributed by atoms with E-state index in [9.17, 15) is 13.6 Å². The van der Waals surface area contributed by atoms with Crippen LogP contribution >= 0.6 is 15.9 Å². The van der Waals surface area contributed by atoms with Gasteiger partial charge in [0.05, 0.1) is 5.56 Å². The van der Waals surface area contributed by atoms with Gasteiger partial charge >= 0.3 is 0 Å². The molecule has 1 aromatic carbocycles. The third kappa shape index (κ3) is 3.12. The Kier molecular flexibility index (Phi) is 4.20. The summed E-state index contributed by atoms with van der Waals surface area (Å²) in [6.45, 7) is 5.07. The maximum Gasteiger partial charge on any atom is 0.255 e. The first kappa shape index (κ1) is 14.4. The van der Waals surface area contributed by atoms with Gasteiger partial charge in [-0.1, -0.05) is 0 Å². The van der Waals surface area contributed by atoms with Crippen molar-refractivity contribution in [2.75, 3.05) is 13.1 Å². The van der Waals surface area contributed by atoms with Gasteiger partial charge in [-0.3, -0.25) is 4.79 Å². The molecule has 1 heterocycles. The van der Waals surface area contributed by atoms with Crippen LogP contribution in [-0.4, -0.2) is 36.0 Å². The molecular weight excluding hydrogens is 318 g/mol. The third-order valence-electron chi connectivity index (χ3n) is 3.09. The zero-order valence-corrected chi connectivity index (χ0v) is 12.3. The van der Waals surface area contributed by atoms with E-state index in [0.29, 0.717) is 13.1 Å². The number of rotatable bonds is 1. The van der Waals surface area contributed by atoms with Crippen LogP contribution in [0.2, 0.25) is 0 Å². The number of benzene rings is 1. The van der Waals surface area contributed by atoms with Crippen molar-refractivity contribution in [1.29, 1.82) is 0 Å². The van der Waals surface area contributed by atoms with Crippen molar-refractivity contribution in [3.05, 3.63) is 33.8 Å². The minimum absolute atomic E-state index is 0.153. The highest BCUT2D eigenvalue weighted by Crippen LogP contribution is 2.23. The van der Waals surface area contributed by atoms with Crippen molar-refractivity contribution in [2.24, 2.45) is 0 Å². The molecule has 1 fully saturated rings. The molecule has 0 spiro atoms. The molecule has 1 saturated heterocycles. The minimum atomic E-state index is -1.01. The number of halogens is 3. The lowest BCUT2D eigenvalue weighted by Gasteiger charge is -2.36. The van der Waals surface area contributed by atoms with Crippen molar-refractivity contribution in [3.63, 3.8) is 0 Å². The largest absolute Gasteiger partial charge is 0.336 e. The van der Waals surface area contributed by atoms with Crippen LogP contribution in [-0.2, 0) is 0 Å². The minimum Gasteiger partial charge on any atom is -0.336 e. The first-order chi connectivity index (χ1) is 8.88. The molecule has 2 rings (SSSR count). The van der Waals surface area contributed by atoms with Crippen LogP contribution in [0.3, 0.4) is 0 Å². The van der Waals surface area contributed by atoms with Crippen molar-refractivity contribution in [3.8, 4) is 0 Å². The van der Waals surface area contributed by atoms with Crippen LogP contribution in [0, 0.1) is 11.6 Å². The number of carbonyl (C=O) groups is 1. The summed E-state index contributed by atoms with van der Waals surface area (Å²) < 4.78 is 26.6. The van der Waals surface area contributed by atoms with E-state index in [1.165, 1.54) is 0 Å². The third-order valence-corrected chi connectivity index (χ3v) is 3.74. The smallest absolute Gasteiger partial charge is 0.255 e. The molecule has 1 N–H and O–H groups in total. The standard InChI is InChI=1S/C13H15BrF2N2O/c1-7-5-18(6-8(2)17-7)13(19)9-3-11(15)12(16)4-10(9)14/h3-4,7-8,17H,5-6H2,1-2H3. The van der Waals surface area contributed by atoms with E-state index in [-0.39, 0.29) is 28.0 Å². The Morgan fingerprint density at radius 1 is 1.26 bits per heavy atom. The first-order valence-electron chi connectivity index (χ1n) is 6.08. The molecule has 1 aliphatic heterocycles. The molecule has 1 amide bonds. The maximum atomic E-state index is 13.3. The van der Waals surface area contributed by atoms with Crippen molar-refractivity contribution in [2.45, 2.75) is 25.9 Å². The van der Waals surface area contributed by atoms with Gasteiger partial charge < -0.3 is 10.2 Å². The van der Waals surface area contributed by atoms with Gasteiger partial charge in [0, 0.05) is 29.6 Å². The second-order valence-corrected chi connectivity index (χ2v) is 5.78. The summed E-state index contributed by atoms with van der Waals surface area (Å²) in [4.78, 5) is 14.0. The summed E-state index contributed by atoms with van der Waals surface area (Å²) in [5.41, 5.74) is 0.153. The van der Waals surface area contributed by atoms with Crippen LogP contribution < -0.4 is 5.32 Å². The van der Waals surface area contributed by atoms with Crippen LogP contribution in [0.1, 0.15) is 24.2 Å². The molecule has 0 aromatic heterocycles. The van der Waals surface area contributed by atoms with E-state index >= 15 is 0 Å². The highest BCUT2D eigenvalue weighted by molar-refractivity contribution is 9.10. The molecule has 1 aliphatic rings. The molecule has 2 atom stereocenters. The van der Waals surface area contributed by atoms with E-state index in [4.69, 9.17) is 0 Å². The summed E-state index contributed by atoms with van der Waals surface area (Å²) >= 11 is 3.11. The average Bonchev–Trinajstić information content (AvgIpc) is 2.31. The SMILES string of the molecule is CC1CN(C(=O)c2cc(F)c(F)cc2Br)CC(C)N1. The first-order valence-corrected chi connectivity index (χ1v) is 6.87. The number of amides is 1. The van der Waals surface area contributed by atoms with E-state index in [1.54, 1.807) is 4.90 Å². The molecule has 19 heavy (non-hydrogen) atoms. The molecule has 0 bridgehead atoms. The van der Waals surface area contributed by atoms with Crippen LogP contribution in [0.15, 0.2) is 16.6 Å². The molecular formula is C13H15BrF2N2O. The molecule has 104 valence electrons. The van der Waals surface area contributed by atoms with Crippen molar-refractivity contribution < 1.29 is 13.6 Å². The Bertz CT molecular complexity index is 500. The summed E-state index contributed by atoms with van der Waals surface area (Å²) in [7, 11) is 0.